The fourth-order valence-corrected chi connectivity index (χ4v) is 4.13. The molecular weight excluding hydrogens is 305 g/mol. The van der Waals surface area contributed by atoms with Crippen LogP contribution in [0.4, 0.5) is 4.39 Å². The van der Waals surface area contributed by atoms with E-state index in [0.29, 0.717) is 17.7 Å². The molecule has 4 nitrogen and oxygen atoms in total. The van der Waals surface area contributed by atoms with Gasteiger partial charge in [-0.3, -0.25) is 9.69 Å². The van der Waals surface area contributed by atoms with Gasteiger partial charge in [-0.2, -0.15) is 0 Å². The van der Waals surface area contributed by atoms with Crippen LogP contribution in [0.25, 0.3) is 11.3 Å². The van der Waals surface area contributed by atoms with Gasteiger partial charge in [-0.15, -0.1) is 0 Å². The molecule has 1 aromatic heterocycles. The molecule has 5 heteroatoms. The topological polar surface area (TPSA) is 48.1 Å². The van der Waals surface area contributed by atoms with E-state index in [4.69, 9.17) is 0 Å². The minimum Gasteiger partial charge on any atom is -0.351 e. The lowest BCUT2D eigenvalue weighted by Crippen LogP contribution is -2.62. The maximum absolute atomic E-state index is 13.4. The molecule has 0 radical (unpaired) electrons. The Bertz CT molecular complexity index is 747. The normalized spacial score (nSPS) is 28.8. The van der Waals surface area contributed by atoms with Crippen molar-refractivity contribution < 1.29 is 9.18 Å². The molecule has 24 heavy (non-hydrogen) atoms. The van der Waals surface area contributed by atoms with Gasteiger partial charge in [-0.1, -0.05) is 12.1 Å². The van der Waals surface area contributed by atoms with Gasteiger partial charge >= 0.3 is 0 Å². The van der Waals surface area contributed by atoms with Gasteiger partial charge in [-0.05, 0) is 63.0 Å². The van der Waals surface area contributed by atoms with E-state index in [0.717, 1.165) is 37.2 Å². The average molecular weight is 327 g/mol. The molecule has 3 aliphatic rings. The van der Waals surface area contributed by atoms with Gasteiger partial charge in [0.25, 0.3) is 5.91 Å². The standard InChI is InChI=1S/C19H22FN3O/c1-12-18(13-7-9-23(12)10-8-13)22-19(24)17-6-5-16(21-17)14-3-2-4-15(20)11-14/h2-6,11-13,18,21H,7-10H2,1H3,(H,22,24)/t12-,18+/m1/s1. The number of aromatic nitrogens is 1. The summed E-state index contributed by atoms with van der Waals surface area (Å²) in [5, 5.41) is 3.21. The number of halogens is 1. The second-order valence-corrected chi connectivity index (χ2v) is 6.91. The quantitative estimate of drug-likeness (QED) is 0.910. The average Bonchev–Trinajstić information content (AvgIpc) is 3.09. The maximum Gasteiger partial charge on any atom is 0.267 e. The van der Waals surface area contributed by atoms with Gasteiger partial charge in [0.15, 0.2) is 0 Å². The number of H-pyrrole nitrogens is 1. The van der Waals surface area contributed by atoms with Gasteiger partial charge in [0.1, 0.15) is 11.5 Å². The third kappa shape index (κ3) is 2.73. The minimum absolute atomic E-state index is 0.0803. The molecule has 126 valence electrons. The number of nitrogens with one attached hydrogen (secondary N) is 2. The minimum atomic E-state index is -0.283. The van der Waals surface area contributed by atoms with Crippen molar-refractivity contribution in [1.82, 2.24) is 15.2 Å². The molecule has 2 aromatic rings. The molecule has 3 fully saturated rings. The van der Waals surface area contributed by atoms with Crippen LogP contribution in [0.1, 0.15) is 30.3 Å². The SMILES string of the molecule is C[C@@H]1[C@H](NC(=O)c2ccc(-c3cccc(F)c3)[nH]2)C2CCN1CC2. The summed E-state index contributed by atoms with van der Waals surface area (Å²) in [7, 11) is 0. The Hall–Kier alpha value is -2.14. The number of nitrogens with zero attached hydrogens (tertiary/aromatic N) is 1. The summed E-state index contributed by atoms with van der Waals surface area (Å²) in [6.45, 7) is 4.48. The van der Waals surface area contributed by atoms with Crippen LogP contribution in [-0.2, 0) is 0 Å². The number of hydrogen-bond donors (Lipinski definition) is 2. The largest absolute Gasteiger partial charge is 0.351 e. The van der Waals surface area contributed by atoms with Crippen LogP contribution in [0.3, 0.4) is 0 Å². The number of carbonyl (C=O) groups excluding carboxylic acids is 1. The van der Waals surface area contributed by atoms with Gasteiger partial charge in [0.2, 0.25) is 0 Å². The Kier molecular flexibility index (Phi) is 3.88. The van der Waals surface area contributed by atoms with E-state index >= 15 is 0 Å². The van der Waals surface area contributed by atoms with E-state index in [2.05, 4.69) is 22.1 Å². The number of benzene rings is 1. The number of carbonyl (C=O) groups is 1. The highest BCUT2D eigenvalue weighted by atomic mass is 19.1. The van der Waals surface area contributed by atoms with Crippen molar-refractivity contribution >= 4 is 5.91 Å². The lowest BCUT2D eigenvalue weighted by atomic mass is 9.79. The summed E-state index contributed by atoms with van der Waals surface area (Å²) < 4.78 is 13.4. The van der Waals surface area contributed by atoms with Crippen molar-refractivity contribution in [2.24, 2.45) is 5.92 Å². The third-order valence-corrected chi connectivity index (χ3v) is 5.54. The van der Waals surface area contributed by atoms with Crippen LogP contribution in [0, 0.1) is 11.7 Å². The smallest absolute Gasteiger partial charge is 0.267 e. The third-order valence-electron chi connectivity index (χ3n) is 5.54. The molecule has 3 aliphatic heterocycles. The summed E-state index contributed by atoms with van der Waals surface area (Å²) in [6, 6.07) is 10.6. The van der Waals surface area contributed by atoms with Crippen molar-refractivity contribution in [2.75, 3.05) is 13.1 Å². The van der Waals surface area contributed by atoms with E-state index < -0.39 is 0 Å². The zero-order chi connectivity index (χ0) is 16.7. The summed E-state index contributed by atoms with van der Waals surface area (Å²) in [5.41, 5.74) is 2.02. The maximum atomic E-state index is 13.4. The molecule has 0 unspecified atom stereocenters. The van der Waals surface area contributed by atoms with Crippen molar-refractivity contribution in [1.29, 1.82) is 0 Å². The predicted molar refractivity (Wildman–Crippen MR) is 91.2 cm³/mol. The zero-order valence-corrected chi connectivity index (χ0v) is 13.8. The second kappa shape index (κ2) is 6.06. The molecule has 0 aliphatic carbocycles. The summed E-state index contributed by atoms with van der Waals surface area (Å²) in [5.74, 6) is 0.212. The molecule has 1 amide bonds. The fourth-order valence-electron chi connectivity index (χ4n) is 4.13. The number of aromatic amines is 1. The second-order valence-electron chi connectivity index (χ2n) is 6.91. The van der Waals surface area contributed by atoms with Crippen LogP contribution < -0.4 is 5.32 Å². The first-order chi connectivity index (χ1) is 11.6. The Morgan fingerprint density at radius 1 is 1.25 bits per heavy atom. The van der Waals surface area contributed by atoms with E-state index in [1.165, 1.54) is 12.1 Å². The lowest BCUT2D eigenvalue weighted by Gasteiger charge is -2.49. The molecule has 4 heterocycles. The molecule has 0 spiro atoms. The molecule has 2 N–H and O–H groups in total. The van der Waals surface area contributed by atoms with Gasteiger partial charge in [0, 0.05) is 23.3 Å². The van der Waals surface area contributed by atoms with Crippen LogP contribution in [0.2, 0.25) is 0 Å². The van der Waals surface area contributed by atoms with Gasteiger partial charge in [0.05, 0.1) is 0 Å². The zero-order valence-electron chi connectivity index (χ0n) is 13.8. The van der Waals surface area contributed by atoms with Crippen molar-refractivity contribution in [3.8, 4) is 11.3 Å². The van der Waals surface area contributed by atoms with Crippen LogP contribution >= 0.6 is 0 Å². The molecule has 2 atom stereocenters. The van der Waals surface area contributed by atoms with Gasteiger partial charge in [-0.25, -0.2) is 4.39 Å². The van der Waals surface area contributed by atoms with Crippen LogP contribution in [-0.4, -0.2) is 41.0 Å². The van der Waals surface area contributed by atoms with Gasteiger partial charge < -0.3 is 10.3 Å². The number of amides is 1. The Morgan fingerprint density at radius 3 is 2.75 bits per heavy atom. The number of piperidine rings is 3. The van der Waals surface area contributed by atoms with E-state index in [-0.39, 0.29) is 17.8 Å². The van der Waals surface area contributed by atoms with Crippen molar-refractivity contribution in [3.05, 3.63) is 47.9 Å². The summed E-state index contributed by atoms with van der Waals surface area (Å²) in [4.78, 5) is 18.2. The Morgan fingerprint density at radius 2 is 2.04 bits per heavy atom. The first-order valence-corrected chi connectivity index (χ1v) is 8.62. The fraction of sp³-hybridized carbons (Fsp3) is 0.421. The van der Waals surface area contributed by atoms with E-state index in [9.17, 15) is 9.18 Å². The van der Waals surface area contributed by atoms with E-state index in [1.54, 1.807) is 12.1 Å². The molecule has 0 saturated carbocycles. The number of hydrogen-bond acceptors (Lipinski definition) is 2. The first kappa shape index (κ1) is 15.4. The highest BCUT2D eigenvalue weighted by molar-refractivity contribution is 5.93. The lowest BCUT2D eigenvalue weighted by molar-refractivity contribution is 0.0216. The van der Waals surface area contributed by atoms with Crippen LogP contribution in [0.15, 0.2) is 36.4 Å². The van der Waals surface area contributed by atoms with Crippen LogP contribution in [0.5, 0.6) is 0 Å². The molecule has 2 bridgehead atoms. The Balaban J connectivity index is 1.49. The predicted octanol–water partition coefficient (Wildman–Crippen LogP) is 3.03. The summed E-state index contributed by atoms with van der Waals surface area (Å²) in [6.07, 6.45) is 2.32. The van der Waals surface area contributed by atoms with Crippen molar-refractivity contribution in [3.63, 3.8) is 0 Å². The number of fused-ring (bicyclic) bond motifs is 3. The number of rotatable bonds is 3. The highest BCUT2D eigenvalue weighted by Gasteiger charge is 2.40. The molecule has 5 rings (SSSR count). The first-order valence-electron chi connectivity index (χ1n) is 8.62. The Labute approximate surface area is 141 Å². The molecular formula is C19H22FN3O. The highest BCUT2D eigenvalue weighted by Crippen LogP contribution is 2.32. The monoisotopic (exact) mass is 327 g/mol. The molecule has 3 saturated heterocycles. The summed E-state index contributed by atoms with van der Waals surface area (Å²) >= 11 is 0. The molecule has 1 aromatic carbocycles. The van der Waals surface area contributed by atoms with E-state index in [1.807, 2.05) is 12.1 Å². The van der Waals surface area contributed by atoms with Crippen molar-refractivity contribution in [2.45, 2.75) is 31.8 Å².